The van der Waals surface area contributed by atoms with Crippen molar-refractivity contribution >= 4 is 28.5 Å². The molecule has 2 aromatic carbocycles. The Bertz CT molecular complexity index is 799. The SMILES string of the molecule is O=[P@@](c1ccccc1)([C@H](c1ccc(Br)cc1)N1CCCCC1)N1CCCCC1. The number of rotatable bonds is 5. The summed E-state index contributed by atoms with van der Waals surface area (Å²) in [6, 6.07) is 18.8. The summed E-state index contributed by atoms with van der Waals surface area (Å²) in [5.41, 5.74) is 1.18. The van der Waals surface area contributed by atoms with Gasteiger partial charge in [-0.2, -0.15) is 0 Å². The summed E-state index contributed by atoms with van der Waals surface area (Å²) in [5, 5.41) is 1.01. The first-order valence-electron chi connectivity index (χ1n) is 10.6. The maximum absolute atomic E-state index is 15.1. The molecule has 2 atom stereocenters. The van der Waals surface area contributed by atoms with Gasteiger partial charge in [-0.15, -0.1) is 0 Å². The molecule has 28 heavy (non-hydrogen) atoms. The van der Waals surface area contributed by atoms with E-state index in [0.29, 0.717) is 0 Å². The average molecular weight is 461 g/mol. The van der Waals surface area contributed by atoms with Crippen molar-refractivity contribution in [3.63, 3.8) is 0 Å². The zero-order chi connectivity index (χ0) is 19.4. The van der Waals surface area contributed by atoms with Crippen molar-refractivity contribution in [1.29, 1.82) is 0 Å². The molecule has 2 saturated heterocycles. The van der Waals surface area contributed by atoms with Crippen LogP contribution in [0.3, 0.4) is 0 Å². The first-order chi connectivity index (χ1) is 13.7. The van der Waals surface area contributed by atoms with Crippen LogP contribution in [0.25, 0.3) is 0 Å². The van der Waals surface area contributed by atoms with E-state index in [2.05, 4.69) is 61.9 Å². The molecule has 150 valence electrons. The molecule has 0 saturated carbocycles. The number of piperidine rings is 2. The van der Waals surface area contributed by atoms with Crippen molar-refractivity contribution in [2.75, 3.05) is 26.2 Å². The third-order valence-electron chi connectivity index (χ3n) is 6.11. The van der Waals surface area contributed by atoms with E-state index in [1.54, 1.807) is 0 Å². The van der Waals surface area contributed by atoms with Gasteiger partial charge in [-0.3, -0.25) is 9.46 Å². The Labute approximate surface area is 177 Å². The molecule has 0 amide bonds. The maximum Gasteiger partial charge on any atom is 0.199 e. The normalized spacial score (nSPS) is 22.5. The van der Waals surface area contributed by atoms with Crippen molar-refractivity contribution in [2.45, 2.75) is 44.3 Å². The minimum absolute atomic E-state index is 0.0681. The van der Waals surface area contributed by atoms with E-state index in [9.17, 15) is 0 Å². The highest BCUT2D eigenvalue weighted by molar-refractivity contribution is 9.10. The molecule has 2 fully saturated rings. The second-order valence-electron chi connectivity index (χ2n) is 7.99. The van der Waals surface area contributed by atoms with Crippen LogP contribution in [0.15, 0.2) is 59.1 Å². The van der Waals surface area contributed by atoms with Gasteiger partial charge in [-0.05, 0) is 56.5 Å². The molecule has 2 aliphatic rings. The minimum Gasteiger partial charge on any atom is -0.299 e. The summed E-state index contributed by atoms with van der Waals surface area (Å²) in [4.78, 5) is 2.51. The number of hydrogen-bond acceptors (Lipinski definition) is 2. The van der Waals surface area contributed by atoms with Gasteiger partial charge in [0.2, 0.25) is 0 Å². The average Bonchev–Trinajstić information content (AvgIpc) is 2.77. The molecule has 5 heteroatoms. The lowest BCUT2D eigenvalue weighted by Crippen LogP contribution is -2.41. The van der Waals surface area contributed by atoms with Gasteiger partial charge in [0, 0.05) is 22.9 Å². The summed E-state index contributed by atoms with van der Waals surface area (Å²) in [6.45, 7) is 3.94. The number of nitrogens with zero attached hydrogens (tertiary/aromatic N) is 2. The number of likely N-dealkylation sites (tertiary alicyclic amines) is 1. The number of hydrogen-bond donors (Lipinski definition) is 0. The van der Waals surface area contributed by atoms with Gasteiger partial charge >= 0.3 is 0 Å². The lowest BCUT2D eigenvalue weighted by atomic mass is 10.1. The molecule has 2 aromatic rings. The molecule has 0 radical (unpaired) electrons. The fraction of sp³-hybridized carbons (Fsp3) is 0.478. The highest BCUT2D eigenvalue weighted by Crippen LogP contribution is 2.63. The predicted octanol–water partition coefficient (Wildman–Crippen LogP) is 6.02. The van der Waals surface area contributed by atoms with Crippen LogP contribution in [-0.4, -0.2) is 35.7 Å². The standard InChI is InChI=1S/C23H30BrN2OP/c24-21-14-12-20(13-15-21)23(25-16-6-2-7-17-25)28(27,22-10-4-1-5-11-22)26-18-8-3-9-19-26/h1,4-5,10-15,23H,2-3,6-9,16-19H2/t23-,28+/m1/s1. The van der Waals surface area contributed by atoms with Crippen LogP contribution in [0.2, 0.25) is 0 Å². The van der Waals surface area contributed by atoms with Crippen LogP contribution in [0.4, 0.5) is 0 Å². The second kappa shape index (κ2) is 9.26. The summed E-state index contributed by atoms with van der Waals surface area (Å²) < 4.78 is 18.5. The highest BCUT2D eigenvalue weighted by Gasteiger charge is 2.45. The lowest BCUT2D eigenvalue weighted by molar-refractivity contribution is 0.198. The first-order valence-corrected chi connectivity index (χ1v) is 13.1. The molecule has 3 nitrogen and oxygen atoms in total. The summed E-state index contributed by atoms with van der Waals surface area (Å²) in [7, 11) is -2.82. The quantitative estimate of drug-likeness (QED) is 0.509. The molecule has 0 spiro atoms. The van der Waals surface area contributed by atoms with E-state index in [-0.39, 0.29) is 5.78 Å². The van der Waals surface area contributed by atoms with E-state index in [0.717, 1.165) is 48.8 Å². The molecular formula is C23H30BrN2OP. The van der Waals surface area contributed by atoms with Gasteiger partial charge in [0.25, 0.3) is 0 Å². The van der Waals surface area contributed by atoms with E-state index >= 15 is 4.57 Å². The monoisotopic (exact) mass is 460 g/mol. The molecule has 0 bridgehead atoms. The fourth-order valence-electron chi connectivity index (χ4n) is 4.71. The topological polar surface area (TPSA) is 23.6 Å². The van der Waals surface area contributed by atoms with Gasteiger partial charge in [0.1, 0.15) is 5.78 Å². The molecule has 0 N–H and O–H groups in total. The van der Waals surface area contributed by atoms with E-state index < -0.39 is 7.29 Å². The van der Waals surface area contributed by atoms with Crippen LogP contribution in [0.5, 0.6) is 0 Å². The molecule has 4 rings (SSSR count). The van der Waals surface area contributed by atoms with Crippen molar-refractivity contribution in [1.82, 2.24) is 9.57 Å². The Balaban J connectivity index is 1.84. The largest absolute Gasteiger partial charge is 0.299 e. The van der Waals surface area contributed by atoms with Gasteiger partial charge in [0.15, 0.2) is 7.29 Å². The predicted molar refractivity (Wildman–Crippen MR) is 121 cm³/mol. The van der Waals surface area contributed by atoms with Crippen molar-refractivity contribution in [3.8, 4) is 0 Å². The van der Waals surface area contributed by atoms with Crippen molar-refractivity contribution < 1.29 is 4.57 Å². The molecule has 0 aliphatic carbocycles. The summed E-state index contributed by atoms with van der Waals surface area (Å²) in [6.07, 6.45) is 7.21. The molecule has 2 heterocycles. The molecule has 2 aliphatic heterocycles. The first kappa shape index (κ1) is 20.3. The Kier molecular flexibility index (Phi) is 6.73. The van der Waals surface area contributed by atoms with Crippen LogP contribution in [-0.2, 0) is 4.57 Å². The smallest absolute Gasteiger partial charge is 0.199 e. The van der Waals surface area contributed by atoms with E-state index in [4.69, 9.17) is 0 Å². The highest BCUT2D eigenvalue weighted by atomic mass is 79.9. The Hall–Kier alpha value is -0.930. The zero-order valence-electron chi connectivity index (χ0n) is 16.5. The Morgan fingerprint density at radius 1 is 0.750 bits per heavy atom. The van der Waals surface area contributed by atoms with Crippen LogP contribution >= 0.6 is 23.2 Å². The minimum atomic E-state index is -2.82. The van der Waals surface area contributed by atoms with Crippen LogP contribution in [0, 0.1) is 0 Å². The molecular weight excluding hydrogens is 431 g/mol. The number of benzene rings is 2. The zero-order valence-corrected chi connectivity index (χ0v) is 19.0. The molecule has 0 unspecified atom stereocenters. The van der Waals surface area contributed by atoms with Crippen LogP contribution < -0.4 is 5.30 Å². The van der Waals surface area contributed by atoms with E-state index in [1.807, 2.05) is 18.2 Å². The number of halogens is 1. The van der Waals surface area contributed by atoms with Crippen molar-refractivity contribution in [2.24, 2.45) is 0 Å². The molecule has 0 aromatic heterocycles. The lowest BCUT2D eigenvalue weighted by Gasteiger charge is -2.45. The van der Waals surface area contributed by atoms with Gasteiger partial charge < -0.3 is 0 Å². The summed E-state index contributed by atoms with van der Waals surface area (Å²) >= 11 is 3.57. The fourth-order valence-corrected chi connectivity index (χ4v) is 8.62. The Morgan fingerprint density at radius 2 is 1.32 bits per heavy atom. The van der Waals surface area contributed by atoms with Crippen LogP contribution in [0.1, 0.15) is 49.9 Å². The Morgan fingerprint density at radius 3 is 1.93 bits per heavy atom. The van der Waals surface area contributed by atoms with Gasteiger partial charge in [-0.25, -0.2) is 4.67 Å². The van der Waals surface area contributed by atoms with Gasteiger partial charge in [0.05, 0.1) is 0 Å². The maximum atomic E-state index is 15.1. The third-order valence-corrected chi connectivity index (χ3v) is 10.2. The van der Waals surface area contributed by atoms with Crippen molar-refractivity contribution in [3.05, 3.63) is 64.6 Å². The van der Waals surface area contributed by atoms with E-state index in [1.165, 1.54) is 31.2 Å². The summed E-state index contributed by atoms with van der Waals surface area (Å²) in [5.74, 6) is -0.0681. The third kappa shape index (κ3) is 4.16. The second-order valence-corrected chi connectivity index (χ2v) is 11.7. The van der Waals surface area contributed by atoms with Gasteiger partial charge in [-0.1, -0.05) is 71.2 Å².